The highest BCUT2D eigenvalue weighted by Crippen LogP contribution is 2.29. The molecule has 0 bridgehead atoms. The van der Waals surface area contributed by atoms with E-state index in [1.165, 1.54) is 0 Å². The Kier molecular flexibility index (Phi) is 3.29. The zero-order valence-corrected chi connectivity index (χ0v) is 11.1. The van der Waals surface area contributed by atoms with E-state index in [4.69, 9.17) is 4.74 Å². The van der Waals surface area contributed by atoms with Gasteiger partial charge in [0.1, 0.15) is 4.60 Å². The molecule has 1 atom stereocenters. The number of rotatable bonds is 1. The average molecular weight is 324 g/mol. The van der Waals surface area contributed by atoms with Gasteiger partial charge in [-0.05, 0) is 51.6 Å². The second-order valence-electron chi connectivity index (χ2n) is 3.51. The minimum absolute atomic E-state index is 0.395. The maximum atomic E-state index is 5.45. The van der Waals surface area contributed by atoms with Crippen molar-refractivity contribution in [3.63, 3.8) is 0 Å². The van der Waals surface area contributed by atoms with Gasteiger partial charge in [0.2, 0.25) is 0 Å². The first kappa shape index (κ1) is 10.6. The third-order valence-electron chi connectivity index (χ3n) is 2.52. The summed E-state index contributed by atoms with van der Waals surface area (Å²) in [4.78, 5) is 0. The van der Waals surface area contributed by atoms with E-state index in [2.05, 4.69) is 43.9 Å². The number of halogens is 2. The van der Waals surface area contributed by atoms with Crippen molar-refractivity contribution in [3.05, 3.63) is 14.8 Å². The largest absolute Gasteiger partial charge is 0.379 e. The molecular weight excluding hydrogens is 312 g/mol. The Morgan fingerprint density at radius 3 is 2.79 bits per heavy atom. The van der Waals surface area contributed by atoms with Crippen molar-refractivity contribution in [1.29, 1.82) is 0 Å². The number of ether oxygens (including phenoxy) is 1. The first-order valence-corrected chi connectivity index (χ1v) is 6.26. The zero-order chi connectivity index (χ0) is 10.1. The fraction of sp³-hybridized carbons (Fsp3) is 0.667. The van der Waals surface area contributed by atoms with Crippen molar-refractivity contribution in [2.45, 2.75) is 25.8 Å². The van der Waals surface area contributed by atoms with E-state index in [1.807, 2.05) is 4.68 Å². The molecule has 0 aromatic carbocycles. The molecule has 0 amide bonds. The number of hydrogen-bond donors (Lipinski definition) is 0. The van der Waals surface area contributed by atoms with E-state index in [-0.39, 0.29) is 0 Å². The lowest BCUT2D eigenvalue weighted by Gasteiger charge is -2.23. The number of nitrogens with zero attached hydrogens (tertiary/aromatic N) is 2. The molecule has 2 rings (SSSR count). The second-order valence-corrected chi connectivity index (χ2v) is 5.05. The topological polar surface area (TPSA) is 27.1 Å². The van der Waals surface area contributed by atoms with Crippen molar-refractivity contribution in [2.75, 3.05) is 13.2 Å². The zero-order valence-electron chi connectivity index (χ0n) is 7.96. The molecule has 1 fully saturated rings. The molecule has 0 N–H and O–H groups in total. The highest BCUT2D eigenvalue weighted by atomic mass is 79.9. The van der Waals surface area contributed by atoms with Crippen molar-refractivity contribution in [3.8, 4) is 0 Å². The van der Waals surface area contributed by atoms with E-state index >= 15 is 0 Å². The third-order valence-corrected chi connectivity index (χ3v) is 4.56. The molecule has 0 radical (unpaired) electrons. The molecular formula is C9H12Br2N2O. The fourth-order valence-corrected chi connectivity index (χ4v) is 2.45. The number of aromatic nitrogens is 2. The first-order chi connectivity index (χ1) is 6.70. The van der Waals surface area contributed by atoms with Gasteiger partial charge in [0, 0.05) is 6.61 Å². The van der Waals surface area contributed by atoms with E-state index in [1.54, 1.807) is 0 Å². The summed E-state index contributed by atoms with van der Waals surface area (Å²) in [6.07, 6.45) is 2.28. The second kappa shape index (κ2) is 4.33. The molecule has 0 spiro atoms. The van der Waals surface area contributed by atoms with Gasteiger partial charge in [-0.25, -0.2) is 0 Å². The Morgan fingerprint density at radius 1 is 1.50 bits per heavy atom. The van der Waals surface area contributed by atoms with Gasteiger partial charge in [-0.15, -0.1) is 0 Å². The third kappa shape index (κ3) is 1.90. The molecule has 1 saturated heterocycles. The van der Waals surface area contributed by atoms with Crippen LogP contribution < -0.4 is 0 Å². The van der Waals surface area contributed by atoms with Crippen LogP contribution in [-0.2, 0) is 4.74 Å². The van der Waals surface area contributed by atoms with E-state index in [9.17, 15) is 0 Å². The summed E-state index contributed by atoms with van der Waals surface area (Å²) in [5.74, 6) is 0. The Morgan fingerprint density at radius 2 is 2.29 bits per heavy atom. The van der Waals surface area contributed by atoms with E-state index in [0.717, 1.165) is 40.8 Å². The van der Waals surface area contributed by atoms with Crippen LogP contribution in [0.2, 0.25) is 0 Å². The van der Waals surface area contributed by atoms with Crippen molar-refractivity contribution < 1.29 is 4.74 Å². The van der Waals surface area contributed by atoms with Gasteiger partial charge in [0.15, 0.2) is 0 Å². The first-order valence-electron chi connectivity index (χ1n) is 4.68. The van der Waals surface area contributed by atoms with Crippen LogP contribution in [-0.4, -0.2) is 23.0 Å². The van der Waals surface area contributed by atoms with Crippen LogP contribution in [0.25, 0.3) is 0 Å². The lowest BCUT2D eigenvalue weighted by Crippen LogP contribution is -2.22. The summed E-state index contributed by atoms with van der Waals surface area (Å²) >= 11 is 6.91. The average Bonchev–Trinajstić information content (AvgIpc) is 2.47. The predicted octanol–water partition coefficient (Wildman–Crippen LogP) is 3.07. The fourth-order valence-electron chi connectivity index (χ4n) is 1.74. The Bertz CT molecular complexity index is 332. The Hall–Kier alpha value is 0.130. The van der Waals surface area contributed by atoms with Gasteiger partial charge in [0.05, 0.1) is 22.8 Å². The summed E-state index contributed by atoms with van der Waals surface area (Å²) in [5, 5.41) is 4.44. The monoisotopic (exact) mass is 322 g/mol. The molecule has 2 heterocycles. The molecule has 78 valence electrons. The van der Waals surface area contributed by atoms with Gasteiger partial charge in [-0.3, -0.25) is 4.68 Å². The van der Waals surface area contributed by atoms with Crippen LogP contribution >= 0.6 is 31.9 Å². The maximum Gasteiger partial charge on any atom is 0.142 e. The van der Waals surface area contributed by atoms with Crippen LogP contribution in [0.15, 0.2) is 9.08 Å². The minimum atomic E-state index is 0.395. The minimum Gasteiger partial charge on any atom is -0.379 e. The van der Waals surface area contributed by atoms with Crippen LogP contribution in [0, 0.1) is 6.92 Å². The summed E-state index contributed by atoms with van der Waals surface area (Å²) in [6, 6.07) is 0.395. The molecule has 5 heteroatoms. The lowest BCUT2D eigenvalue weighted by atomic mass is 10.1. The highest BCUT2D eigenvalue weighted by molar-refractivity contribution is 9.13. The molecule has 1 aliphatic rings. The number of hydrogen-bond acceptors (Lipinski definition) is 2. The van der Waals surface area contributed by atoms with Crippen molar-refractivity contribution in [1.82, 2.24) is 9.78 Å². The predicted molar refractivity (Wildman–Crippen MR) is 61.5 cm³/mol. The Balaban J connectivity index is 2.26. The maximum absolute atomic E-state index is 5.45. The standard InChI is InChI=1S/C9H12Br2N2O/c1-6-8(10)9(11)12-13(6)7-3-2-4-14-5-7/h7H,2-5H2,1H3. The molecule has 1 unspecified atom stereocenters. The molecule has 14 heavy (non-hydrogen) atoms. The van der Waals surface area contributed by atoms with Crippen LogP contribution in [0.3, 0.4) is 0 Å². The van der Waals surface area contributed by atoms with Crippen LogP contribution in [0.1, 0.15) is 24.6 Å². The van der Waals surface area contributed by atoms with Gasteiger partial charge < -0.3 is 4.74 Å². The van der Waals surface area contributed by atoms with Crippen molar-refractivity contribution in [2.24, 2.45) is 0 Å². The quantitative estimate of drug-likeness (QED) is 0.794. The molecule has 3 nitrogen and oxygen atoms in total. The molecule has 0 aliphatic carbocycles. The highest BCUT2D eigenvalue weighted by Gasteiger charge is 2.20. The molecule has 1 aliphatic heterocycles. The Labute approximate surface area is 100 Å². The SMILES string of the molecule is Cc1c(Br)c(Br)nn1C1CCCOC1. The molecule has 1 aromatic rings. The van der Waals surface area contributed by atoms with Gasteiger partial charge in [-0.2, -0.15) is 5.10 Å². The summed E-state index contributed by atoms with van der Waals surface area (Å²) in [7, 11) is 0. The summed E-state index contributed by atoms with van der Waals surface area (Å²) in [5.41, 5.74) is 1.16. The van der Waals surface area contributed by atoms with Gasteiger partial charge in [0.25, 0.3) is 0 Å². The van der Waals surface area contributed by atoms with Crippen LogP contribution in [0.4, 0.5) is 0 Å². The normalized spacial score (nSPS) is 22.6. The van der Waals surface area contributed by atoms with E-state index < -0.39 is 0 Å². The van der Waals surface area contributed by atoms with Gasteiger partial charge >= 0.3 is 0 Å². The van der Waals surface area contributed by atoms with Crippen LogP contribution in [0.5, 0.6) is 0 Å². The van der Waals surface area contributed by atoms with E-state index in [0.29, 0.717) is 6.04 Å². The van der Waals surface area contributed by atoms with Crippen molar-refractivity contribution >= 4 is 31.9 Å². The summed E-state index contributed by atoms with van der Waals surface area (Å²) < 4.78 is 9.42. The lowest BCUT2D eigenvalue weighted by molar-refractivity contribution is 0.0541. The molecule has 0 saturated carbocycles. The summed E-state index contributed by atoms with van der Waals surface area (Å²) in [6.45, 7) is 3.73. The molecule has 1 aromatic heterocycles. The van der Waals surface area contributed by atoms with Gasteiger partial charge in [-0.1, -0.05) is 0 Å². The smallest absolute Gasteiger partial charge is 0.142 e.